The van der Waals surface area contributed by atoms with E-state index in [0.29, 0.717) is 18.4 Å². The van der Waals surface area contributed by atoms with E-state index in [1.165, 1.54) is 6.07 Å². The Bertz CT molecular complexity index is 990. The number of anilines is 1. The van der Waals surface area contributed by atoms with Crippen LogP contribution in [0.1, 0.15) is 24.0 Å². The van der Waals surface area contributed by atoms with Crippen molar-refractivity contribution in [3.8, 4) is 5.75 Å². The van der Waals surface area contributed by atoms with Crippen molar-refractivity contribution in [1.29, 1.82) is 0 Å². The molecule has 0 radical (unpaired) electrons. The van der Waals surface area contributed by atoms with Crippen LogP contribution in [0.3, 0.4) is 0 Å². The summed E-state index contributed by atoms with van der Waals surface area (Å²) < 4.78 is 0. The quantitative estimate of drug-likeness (QED) is 0.278. The molecule has 3 atom stereocenters. The molecular formula is C19H18N2O6. The summed E-state index contributed by atoms with van der Waals surface area (Å²) >= 11 is 0. The van der Waals surface area contributed by atoms with E-state index in [9.17, 15) is 29.7 Å². The minimum Gasteiger partial charge on any atom is -0.511 e. The first-order valence-corrected chi connectivity index (χ1v) is 8.56. The number of fused-ring (bicyclic) bond motifs is 3. The van der Waals surface area contributed by atoms with Gasteiger partial charge in [-0.05, 0) is 36.3 Å². The Hall–Kier alpha value is -3.29. The zero-order chi connectivity index (χ0) is 19.6. The number of aliphatic hydroxyl groups excluding tert-OH is 2. The number of nitrogens with two attached hydrogens (primary N) is 2. The number of benzene rings is 1. The lowest BCUT2D eigenvalue weighted by atomic mass is 9.61. The van der Waals surface area contributed by atoms with Gasteiger partial charge in [0.1, 0.15) is 22.8 Å². The van der Waals surface area contributed by atoms with Gasteiger partial charge in [0.2, 0.25) is 0 Å². The van der Waals surface area contributed by atoms with E-state index in [1.807, 2.05) is 0 Å². The van der Waals surface area contributed by atoms with Crippen molar-refractivity contribution >= 4 is 28.9 Å². The van der Waals surface area contributed by atoms with Crippen LogP contribution < -0.4 is 11.5 Å². The smallest absolute Gasteiger partial charge is 0.255 e. The average Bonchev–Trinajstić information content (AvgIpc) is 2.57. The molecule has 8 nitrogen and oxygen atoms in total. The van der Waals surface area contributed by atoms with Crippen molar-refractivity contribution in [2.45, 2.75) is 19.3 Å². The van der Waals surface area contributed by atoms with Gasteiger partial charge in [0.25, 0.3) is 5.91 Å². The monoisotopic (exact) mass is 370 g/mol. The predicted molar refractivity (Wildman–Crippen MR) is 94.3 cm³/mol. The summed E-state index contributed by atoms with van der Waals surface area (Å²) in [5, 5.41) is 31.4. The Morgan fingerprint density at radius 1 is 1.11 bits per heavy atom. The van der Waals surface area contributed by atoms with E-state index in [0.717, 1.165) is 0 Å². The molecule has 3 aliphatic rings. The number of aliphatic hydroxyl groups is 2. The van der Waals surface area contributed by atoms with Gasteiger partial charge >= 0.3 is 0 Å². The van der Waals surface area contributed by atoms with Crippen LogP contribution in [0.5, 0.6) is 5.75 Å². The first kappa shape index (κ1) is 17.1. The highest BCUT2D eigenvalue weighted by Crippen LogP contribution is 2.50. The van der Waals surface area contributed by atoms with Crippen LogP contribution in [0, 0.1) is 17.8 Å². The third-order valence-corrected chi connectivity index (χ3v) is 5.79. The first-order valence-electron chi connectivity index (χ1n) is 8.56. The van der Waals surface area contributed by atoms with Gasteiger partial charge in [-0.1, -0.05) is 6.07 Å². The lowest BCUT2D eigenvalue weighted by Gasteiger charge is -2.41. The van der Waals surface area contributed by atoms with Crippen molar-refractivity contribution in [1.82, 2.24) is 0 Å². The molecule has 0 spiro atoms. The van der Waals surface area contributed by atoms with E-state index < -0.39 is 40.6 Å². The molecule has 0 saturated heterocycles. The summed E-state index contributed by atoms with van der Waals surface area (Å²) in [6.07, 6.45) is 0.699. The number of carbonyl (C=O) groups is 3. The zero-order valence-corrected chi connectivity index (χ0v) is 14.2. The van der Waals surface area contributed by atoms with Crippen molar-refractivity contribution < 1.29 is 29.7 Å². The second-order valence-corrected chi connectivity index (χ2v) is 7.29. The number of amides is 1. The topological polar surface area (TPSA) is 164 Å². The molecule has 1 fully saturated rings. The third-order valence-electron chi connectivity index (χ3n) is 5.79. The van der Waals surface area contributed by atoms with Crippen LogP contribution in [0.15, 0.2) is 29.0 Å². The number of rotatable bonds is 1. The molecule has 8 heteroatoms. The van der Waals surface area contributed by atoms with Gasteiger partial charge in [0.15, 0.2) is 11.6 Å². The molecule has 1 saturated carbocycles. The van der Waals surface area contributed by atoms with Crippen molar-refractivity contribution in [3.63, 3.8) is 0 Å². The van der Waals surface area contributed by atoms with Gasteiger partial charge < -0.3 is 26.8 Å². The highest BCUT2D eigenvalue weighted by atomic mass is 16.3. The summed E-state index contributed by atoms with van der Waals surface area (Å²) in [5.41, 5.74) is 11.2. The summed E-state index contributed by atoms with van der Waals surface area (Å²) in [4.78, 5) is 36.8. The number of phenolic OH excluding ortho intramolecular Hbond substituents is 1. The molecule has 4 rings (SSSR count). The molecule has 0 bridgehead atoms. The van der Waals surface area contributed by atoms with Crippen molar-refractivity contribution in [2.75, 3.05) is 5.73 Å². The molecule has 1 amide bonds. The second-order valence-electron chi connectivity index (χ2n) is 7.29. The summed E-state index contributed by atoms with van der Waals surface area (Å²) in [6, 6.07) is 3.21. The number of allylic oxidation sites excluding steroid dienone is 2. The number of Topliss-reactive ketones (excluding diaryl/α,β-unsaturated/α-hetero) is 2. The van der Waals surface area contributed by atoms with E-state index in [4.69, 9.17) is 11.5 Å². The SMILES string of the molecule is NC(=O)C1=C(O)C2C(=O)C3=C(O)c4c(ccc(N)c4O)CC3CC2CC1=O. The van der Waals surface area contributed by atoms with Crippen molar-refractivity contribution in [2.24, 2.45) is 23.5 Å². The first-order chi connectivity index (χ1) is 12.7. The summed E-state index contributed by atoms with van der Waals surface area (Å²) in [5.74, 6) is -5.47. The number of nitrogen functional groups attached to an aromatic ring is 1. The van der Waals surface area contributed by atoms with E-state index in [-0.39, 0.29) is 40.7 Å². The molecule has 0 aliphatic heterocycles. The number of hydrogen-bond acceptors (Lipinski definition) is 7. The Morgan fingerprint density at radius 3 is 2.48 bits per heavy atom. The highest BCUT2D eigenvalue weighted by Gasteiger charge is 2.50. The molecule has 7 N–H and O–H groups in total. The molecule has 3 aliphatic carbocycles. The van der Waals surface area contributed by atoms with Gasteiger partial charge in [-0.25, -0.2) is 0 Å². The van der Waals surface area contributed by atoms with Gasteiger partial charge in [-0.15, -0.1) is 0 Å². The van der Waals surface area contributed by atoms with E-state index in [2.05, 4.69) is 0 Å². The Kier molecular flexibility index (Phi) is 3.56. The van der Waals surface area contributed by atoms with Gasteiger partial charge in [-0.2, -0.15) is 0 Å². The maximum absolute atomic E-state index is 13.1. The molecular weight excluding hydrogens is 352 g/mol. The maximum atomic E-state index is 13.1. The number of hydrogen-bond donors (Lipinski definition) is 5. The van der Waals surface area contributed by atoms with Crippen LogP contribution in [0.25, 0.3) is 5.76 Å². The van der Waals surface area contributed by atoms with E-state index in [1.54, 1.807) is 6.07 Å². The number of ketones is 2. The number of aromatic hydroxyl groups is 1. The summed E-state index contributed by atoms with van der Waals surface area (Å²) in [7, 11) is 0. The van der Waals surface area contributed by atoms with Crippen LogP contribution in [0.4, 0.5) is 5.69 Å². The maximum Gasteiger partial charge on any atom is 0.255 e. The molecule has 1 aromatic carbocycles. The number of phenols is 1. The van der Waals surface area contributed by atoms with Gasteiger partial charge in [0, 0.05) is 12.0 Å². The number of primary amides is 1. The highest BCUT2D eigenvalue weighted by molar-refractivity contribution is 6.21. The average molecular weight is 370 g/mol. The second kappa shape index (κ2) is 5.60. The minimum atomic E-state index is -1.11. The molecule has 0 heterocycles. The zero-order valence-electron chi connectivity index (χ0n) is 14.2. The van der Waals surface area contributed by atoms with Crippen LogP contribution in [-0.2, 0) is 20.8 Å². The fourth-order valence-electron chi connectivity index (χ4n) is 4.63. The van der Waals surface area contributed by atoms with E-state index >= 15 is 0 Å². The molecule has 1 aromatic rings. The summed E-state index contributed by atoms with van der Waals surface area (Å²) in [6.45, 7) is 0. The minimum absolute atomic E-state index is 0.0663. The van der Waals surface area contributed by atoms with Crippen LogP contribution in [-0.4, -0.2) is 32.8 Å². The fraction of sp³-hybridized carbons (Fsp3) is 0.316. The fourth-order valence-corrected chi connectivity index (χ4v) is 4.63. The van der Waals surface area contributed by atoms with Gasteiger partial charge in [0.05, 0.1) is 17.2 Å². The normalized spacial score (nSPS) is 27.2. The van der Waals surface area contributed by atoms with Crippen molar-refractivity contribution in [3.05, 3.63) is 40.2 Å². The Labute approximate surface area is 153 Å². The molecule has 3 unspecified atom stereocenters. The molecule has 27 heavy (non-hydrogen) atoms. The lowest BCUT2D eigenvalue weighted by Crippen LogP contribution is -2.44. The Morgan fingerprint density at radius 2 is 1.81 bits per heavy atom. The number of carbonyl (C=O) groups excluding carboxylic acids is 3. The van der Waals surface area contributed by atoms with Gasteiger partial charge in [-0.3, -0.25) is 14.4 Å². The standard InChI is InChI=1S/C19H18N2O6/c20-9-2-1-6-3-7-4-8-5-10(22)14(19(21)27)18(26)13(8)17(25)12(7)16(24)11(6)15(9)23/h1-2,7-8,13,23-24,26H,3-5,20H2,(H2,21,27). The largest absolute Gasteiger partial charge is 0.511 e. The van der Waals surface area contributed by atoms with Crippen LogP contribution in [0.2, 0.25) is 0 Å². The Balaban J connectivity index is 1.88. The molecule has 140 valence electrons. The lowest BCUT2D eigenvalue weighted by molar-refractivity contribution is -0.127. The third kappa shape index (κ3) is 2.26. The van der Waals surface area contributed by atoms with Crippen LogP contribution >= 0.6 is 0 Å². The molecule has 0 aromatic heterocycles. The predicted octanol–water partition coefficient (Wildman–Crippen LogP) is 0.891.